The molecule has 0 heterocycles. The van der Waals surface area contributed by atoms with Crippen LogP contribution in [0.15, 0.2) is 0 Å². The third-order valence-corrected chi connectivity index (χ3v) is 0.502. The maximum atomic E-state index is 4.44. The summed E-state index contributed by atoms with van der Waals surface area (Å²) in [6.45, 7) is 2.82. The standard InChI is InChI=1S/C3H7O.Fe/c1-2-3-4;/h2-3H2,1H3;/q-1;+1. The molecule has 0 rings (SSSR count). The van der Waals surface area contributed by atoms with Gasteiger partial charge in [0.25, 0.3) is 0 Å². The fourth-order valence-electron chi connectivity index (χ4n) is 0.0722. The molecule has 2 heteroatoms. The topological polar surface area (TPSA) is 9.23 Å². The van der Waals surface area contributed by atoms with Crippen molar-refractivity contribution in [3.8, 4) is 0 Å². The molecular weight excluding hydrogens is 108 g/mol. The molecule has 0 aromatic rings. The predicted molar refractivity (Wildman–Crippen MR) is 16.2 cm³/mol. The van der Waals surface area contributed by atoms with E-state index in [1.165, 1.54) is 0 Å². The van der Waals surface area contributed by atoms with E-state index in [2.05, 4.69) is 20.2 Å². The van der Waals surface area contributed by atoms with Crippen LogP contribution >= 0.6 is 0 Å². The van der Waals surface area contributed by atoms with Gasteiger partial charge in [-0.3, -0.25) is 0 Å². The van der Waals surface area contributed by atoms with Crippen LogP contribution in [0.5, 0.6) is 0 Å². The molecule has 5 heavy (non-hydrogen) atoms. The van der Waals surface area contributed by atoms with Gasteiger partial charge in [-0.2, -0.15) is 0 Å². The third kappa shape index (κ3) is 4.48. The minimum absolute atomic E-state index is 0.778. The predicted octanol–water partition coefficient (Wildman–Crippen LogP) is 0.875. The van der Waals surface area contributed by atoms with Crippen molar-refractivity contribution in [3.63, 3.8) is 0 Å². The Kier molecular flexibility index (Phi) is 4.91. The average molecular weight is 115 g/mol. The normalized spacial score (nSPS) is 8.40. The first-order valence-electron chi connectivity index (χ1n) is 1.64. The second-order valence-electron chi connectivity index (χ2n) is 0.806. The molecule has 0 aliphatic rings. The van der Waals surface area contributed by atoms with Gasteiger partial charge in [-0.1, -0.05) is 0 Å². The Hall–Kier alpha value is 0.479. The van der Waals surface area contributed by atoms with Gasteiger partial charge in [0.05, 0.1) is 0 Å². The van der Waals surface area contributed by atoms with Crippen LogP contribution in [0, 0.1) is 0 Å². The molecule has 0 atom stereocenters. The van der Waals surface area contributed by atoms with Crippen LogP contribution in [0.1, 0.15) is 13.3 Å². The summed E-state index contributed by atoms with van der Waals surface area (Å²) in [5.41, 5.74) is 0. The van der Waals surface area contributed by atoms with E-state index in [-0.39, 0.29) is 0 Å². The van der Waals surface area contributed by atoms with Gasteiger partial charge < -0.3 is 0 Å². The summed E-state index contributed by atoms with van der Waals surface area (Å²) in [6.07, 6.45) is 1.06. The van der Waals surface area contributed by atoms with Crippen molar-refractivity contribution in [2.75, 3.05) is 6.61 Å². The van der Waals surface area contributed by atoms with E-state index in [1.807, 2.05) is 6.92 Å². The van der Waals surface area contributed by atoms with Crippen LogP contribution in [0.2, 0.25) is 0 Å². The molecule has 0 N–H and O–H groups in total. The van der Waals surface area contributed by atoms with Crippen LogP contribution in [0.25, 0.3) is 0 Å². The molecule has 0 saturated carbocycles. The molecule has 0 unspecified atom stereocenters. The van der Waals surface area contributed by atoms with Crippen LogP contribution in [0.4, 0.5) is 0 Å². The Morgan fingerprint density at radius 2 is 2.40 bits per heavy atom. The first-order chi connectivity index (χ1) is 2.41. The second kappa shape index (κ2) is 4.48. The monoisotopic (exact) mass is 115 g/mol. The van der Waals surface area contributed by atoms with Gasteiger partial charge in [0.1, 0.15) is 0 Å². The van der Waals surface area contributed by atoms with Gasteiger partial charge in [0, 0.05) is 0 Å². The molecule has 0 aliphatic heterocycles. The molecule has 0 aliphatic carbocycles. The van der Waals surface area contributed by atoms with Gasteiger partial charge in [-0.05, 0) is 0 Å². The van der Waals surface area contributed by atoms with E-state index in [0.717, 1.165) is 13.0 Å². The van der Waals surface area contributed by atoms with E-state index >= 15 is 0 Å². The van der Waals surface area contributed by atoms with Crippen LogP contribution in [-0.4, -0.2) is 6.61 Å². The Morgan fingerprint density at radius 1 is 1.80 bits per heavy atom. The summed E-state index contributed by atoms with van der Waals surface area (Å²) in [5.74, 6) is 0. The summed E-state index contributed by atoms with van der Waals surface area (Å²) in [5, 5.41) is 0. The fourth-order valence-corrected chi connectivity index (χ4v) is 0.298. The Morgan fingerprint density at radius 3 is 2.40 bits per heavy atom. The third-order valence-electron chi connectivity index (χ3n) is 0.276. The van der Waals surface area contributed by atoms with Gasteiger partial charge in [0.15, 0.2) is 0 Å². The van der Waals surface area contributed by atoms with Crippen LogP contribution in [-0.2, 0) is 20.2 Å². The average Bonchev–Trinajstić information content (AvgIpc) is 1.41. The zero-order valence-corrected chi connectivity index (χ0v) is 4.28. The quantitative estimate of drug-likeness (QED) is 0.485. The zero-order valence-electron chi connectivity index (χ0n) is 3.18. The van der Waals surface area contributed by atoms with Crippen molar-refractivity contribution >= 4 is 0 Å². The molecule has 0 aromatic carbocycles. The summed E-state index contributed by atoms with van der Waals surface area (Å²) in [7, 11) is 0. The molecule has 0 bridgehead atoms. The second-order valence-corrected chi connectivity index (χ2v) is 1.12. The van der Waals surface area contributed by atoms with Crippen molar-refractivity contribution in [2.24, 2.45) is 0 Å². The van der Waals surface area contributed by atoms with Crippen LogP contribution < -0.4 is 0 Å². The molecular formula is C3H7FeO. The summed E-state index contributed by atoms with van der Waals surface area (Å²) < 4.78 is 4.44. The first kappa shape index (κ1) is 5.48. The number of rotatable bonds is 2. The Balaban J connectivity index is 2.19. The SMILES string of the molecule is CCC[O][Fe]. The van der Waals surface area contributed by atoms with E-state index in [9.17, 15) is 0 Å². The Bertz CT molecular complexity index is 14.4. The van der Waals surface area contributed by atoms with Crippen molar-refractivity contribution < 1.29 is 20.2 Å². The van der Waals surface area contributed by atoms with E-state index in [1.54, 1.807) is 0 Å². The molecule has 0 fully saturated rings. The maximum absolute atomic E-state index is 4.44. The minimum atomic E-state index is 0.778. The molecule has 0 radical (unpaired) electrons. The van der Waals surface area contributed by atoms with Gasteiger partial charge in [-0.25, -0.2) is 0 Å². The Labute approximate surface area is 40.8 Å². The van der Waals surface area contributed by atoms with E-state index < -0.39 is 0 Å². The van der Waals surface area contributed by atoms with Crippen molar-refractivity contribution in [3.05, 3.63) is 0 Å². The molecule has 0 aromatic heterocycles. The summed E-state index contributed by atoms with van der Waals surface area (Å²) in [6, 6.07) is 0. The first-order valence-corrected chi connectivity index (χ1v) is 2.09. The van der Waals surface area contributed by atoms with Crippen molar-refractivity contribution in [2.45, 2.75) is 13.3 Å². The van der Waals surface area contributed by atoms with E-state index in [0.29, 0.717) is 0 Å². The molecule has 33 valence electrons. The molecule has 0 spiro atoms. The molecule has 0 saturated heterocycles. The fraction of sp³-hybridized carbons (Fsp3) is 1.00. The summed E-state index contributed by atoms with van der Waals surface area (Å²) >= 11 is 3.18. The van der Waals surface area contributed by atoms with E-state index in [4.69, 9.17) is 0 Å². The van der Waals surface area contributed by atoms with Gasteiger partial charge in [0.2, 0.25) is 0 Å². The van der Waals surface area contributed by atoms with Crippen molar-refractivity contribution in [1.29, 1.82) is 0 Å². The van der Waals surface area contributed by atoms with Crippen molar-refractivity contribution in [1.82, 2.24) is 0 Å². The molecule has 1 nitrogen and oxygen atoms in total. The summed E-state index contributed by atoms with van der Waals surface area (Å²) in [4.78, 5) is 0. The van der Waals surface area contributed by atoms with Crippen LogP contribution in [0.3, 0.4) is 0 Å². The van der Waals surface area contributed by atoms with Gasteiger partial charge in [-0.15, -0.1) is 0 Å². The number of hydrogen-bond donors (Lipinski definition) is 0. The van der Waals surface area contributed by atoms with Gasteiger partial charge >= 0.3 is 40.1 Å². The number of hydrogen-bond acceptors (Lipinski definition) is 1. The molecule has 0 amide bonds. The zero-order chi connectivity index (χ0) is 4.12.